The molecule has 3 nitrogen and oxygen atoms in total. The molecule has 0 aliphatic heterocycles. The molecule has 0 radical (unpaired) electrons. The van der Waals surface area contributed by atoms with Crippen LogP contribution in [-0.4, -0.2) is 30.3 Å². The van der Waals surface area contributed by atoms with E-state index in [0.29, 0.717) is 6.54 Å². The lowest BCUT2D eigenvalue weighted by Gasteiger charge is -2.18. The Morgan fingerprint density at radius 2 is 2.06 bits per heavy atom. The SMILES string of the molecule is CN(CCCCCO)c1ncc(F)cc1F. The molecule has 1 aromatic heterocycles. The number of aliphatic hydroxyl groups is 1. The van der Waals surface area contributed by atoms with E-state index in [1.165, 1.54) is 0 Å². The van der Waals surface area contributed by atoms with Gasteiger partial charge in [-0.05, 0) is 19.3 Å². The van der Waals surface area contributed by atoms with Crippen molar-refractivity contribution in [3.63, 3.8) is 0 Å². The first kappa shape index (κ1) is 12.8. The molecule has 0 aliphatic carbocycles. The molecule has 0 saturated heterocycles. The van der Waals surface area contributed by atoms with Crippen molar-refractivity contribution in [1.82, 2.24) is 4.98 Å². The minimum atomic E-state index is -0.671. The summed E-state index contributed by atoms with van der Waals surface area (Å²) in [5.74, 6) is -1.16. The molecule has 5 heteroatoms. The average Bonchev–Trinajstić information content (AvgIpc) is 2.24. The van der Waals surface area contributed by atoms with Gasteiger partial charge in [-0.1, -0.05) is 0 Å². The number of rotatable bonds is 6. The monoisotopic (exact) mass is 230 g/mol. The molecule has 1 aromatic rings. The highest BCUT2D eigenvalue weighted by atomic mass is 19.1. The quantitative estimate of drug-likeness (QED) is 0.759. The van der Waals surface area contributed by atoms with Crippen LogP contribution in [0.4, 0.5) is 14.6 Å². The highest BCUT2D eigenvalue weighted by Crippen LogP contribution is 2.15. The number of pyridine rings is 1. The normalized spacial score (nSPS) is 10.5. The predicted octanol–water partition coefficient (Wildman–Crippen LogP) is 1.96. The summed E-state index contributed by atoms with van der Waals surface area (Å²) >= 11 is 0. The van der Waals surface area contributed by atoms with Crippen molar-refractivity contribution in [3.8, 4) is 0 Å². The van der Waals surface area contributed by atoms with Crippen LogP contribution in [0.15, 0.2) is 12.3 Å². The minimum Gasteiger partial charge on any atom is -0.396 e. The molecule has 0 aliphatic rings. The van der Waals surface area contributed by atoms with E-state index < -0.39 is 11.6 Å². The first-order valence-corrected chi connectivity index (χ1v) is 5.28. The molecule has 0 bridgehead atoms. The second-order valence-electron chi connectivity index (χ2n) is 3.66. The highest BCUT2D eigenvalue weighted by molar-refractivity contribution is 5.38. The molecule has 1 heterocycles. The van der Waals surface area contributed by atoms with E-state index in [0.717, 1.165) is 31.5 Å². The second kappa shape index (κ2) is 6.37. The average molecular weight is 230 g/mol. The Bertz CT molecular complexity index is 334. The lowest BCUT2D eigenvalue weighted by Crippen LogP contribution is -2.21. The van der Waals surface area contributed by atoms with E-state index in [1.54, 1.807) is 11.9 Å². The van der Waals surface area contributed by atoms with Crippen molar-refractivity contribution < 1.29 is 13.9 Å². The molecule has 90 valence electrons. The van der Waals surface area contributed by atoms with Crippen molar-refractivity contribution >= 4 is 5.82 Å². The summed E-state index contributed by atoms with van der Waals surface area (Å²) in [5.41, 5.74) is 0. The molecule has 1 N–H and O–H groups in total. The van der Waals surface area contributed by atoms with Gasteiger partial charge in [-0.3, -0.25) is 0 Å². The van der Waals surface area contributed by atoms with Gasteiger partial charge in [-0.2, -0.15) is 0 Å². The number of hydrogen-bond donors (Lipinski definition) is 1. The topological polar surface area (TPSA) is 36.4 Å². The predicted molar refractivity (Wildman–Crippen MR) is 58.4 cm³/mol. The fraction of sp³-hybridized carbons (Fsp3) is 0.545. The first-order valence-electron chi connectivity index (χ1n) is 5.28. The van der Waals surface area contributed by atoms with Gasteiger partial charge in [0.15, 0.2) is 11.6 Å². The summed E-state index contributed by atoms with van der Waals surface area (Å²) in [6.45, 7) is 0.808. The summed E-state index contributed by atoms with van der Waals surface area (Å²) in [6, 6.07) is 0.826. The zero-order valence-corrected chi connectivity index (χ0v) is 9.29. The van der Waals surface area contributed by atoms with Gasteiger partial charge in [0, 0.05) is 26.3 Å². The van der Waals surface area contributed by atoms with Crippen LogP contribution in [0.1, 0.15) is 19.3 Å². The van der Waals surface area contributed by atoms with Gasteiger partial charge in [0.1, 0.15) is 5.82 Å². The van der Waals surface area contributed by atoms with Gasteiger partial charge in [-0.15, -0.1) is 0 Å². The number of halogens is 2. The zero-order valence-electron chi connectivity index (χ0n) is 9.29. The van der Waals surface area contributed by atoms with Gasteiger partial charge < -0.3 is 10.0 Å². The second-order valence-corrected chi connectivity index (χ2v) is 3.66. The third-order valence-electron chi connectivity index (χ3n) is 2.30. The van der Waals surface area contributed by atoms with Gasteiger partial charge in [-0.25, -0.2) is 13.8 Å². The lowest BCUT2D eigenvalue weighted by atomic mass is 10.2. The van der Waals surface area contributed by atoms with Crippen LogP contribution in [-0.2, 0) is 0 Å². The van der Waals surface area contributed by atoms with E-state index in [4.69, 9.17) is 5.11 Å². The Balaban J connectivity index is 2.49. The van der Waals surface area contributed by atoms with Crippen LogP contribution in [0.2, 0.25) is 0 Å². The Kier molecular flexibility index (Phi) is 5.11. The molecule has 0 atom stereocenters. The molecule has 0 saturated carbocycles. The van der Waals surface area contributed by atoms with Crippen LogP contribution in [0, 0.1) is 11.6 Å². The summed E-state index contributed by atoms with van der Waals surface area (Å²) in [7, 11) is 1.71. The standard InChI is InChI=1S/C11H16F2N2O/c1-15(5-3-2-4-6-16)11-10(13)7-9(12)8-14-11/h7-8,16H,2-6H2,1H3. The largest absolute Gasteiger partial charge is 0.396 e. The van der Waals surface area contributed by atoms with Gasteiger partial charge in [0.25, 0.3) is 0 Å². The Morgan fingerprint density at radius 1 is 1.31 bits per heavy atom. The summed E-state index contributed by atoms with van der Waals surface area (Å²) in [6.07, 6.45) is 3.47. The smallest absolute Gasteiger partial charge is 0.168 e. The van der Waals surface area contributed by atoms with Crippen LogP contribution in [0.3, 0.4) is 0 Å². The van der Waals surface area contributed by atoms with E-state index in [-0.39, 0.29) is 12.4 Å². The number of unbranched alkanes of at least 4 members (excludes halogenated alkanes) is 2. The van der Waals surface area contributed by atoms with Crippen molar-refractivity contribution in [1.29, 1.82) is 0 Å². The molecule has 0 spiro atoms. The van der Waals surface area contributed by atoms with Crippen molar-refractivity contribution in [2.45, 2.75) is 19.3 Å². The molecule has 0 amide bonds. The van der Waals surface area contributed by atoms with Gasteiger partial charge in [0.2, 0.25) is 0 Å². The molecule has 0 unspecified atom stereocenters. The molecule has 16 heavy (non-hydrogen) atoms. The number of nitrogens with zero attached hydrogens (tertiary/aromatic N) is 2. The molecule has 0 aromatic carbocycles. The Morgan fingerprint density at radius 3 is 2.69 bits per heavy atom. The maximum absolute atomic E-state index is 13.3. The maximum Gasteiger partial charge on any atom is 0.168 e. The summed E-state index contributed by atoms with van der Waals surface area (Å²) < 4.78 is 25.9. The molecular formula is C11H16F2N2O. The van der Waals surface area contributed by atoms with E-state index in [2.05, 4.69) is 4.98 Å². The van der Waals surface area contributed by atoms with Crippen molar-refractivity contribution in [2.24, 2.45) is 0 Å². The van der Waals surface area contributed by atoms with Crippen LogP contribution < -0.4 is 4.90 Å². The number of hydrogen-bond acceptors (Lipinski definition) is 3. The zero-order chi connectivity index (χ0) is 12.0. The fourth-order valence-corrected chi connectivity index (χ4v) is 1.43. The first-order chi connectivity index (χ1) is 7.65. The lowest BCUT2D eigenvalue weighted by molar-refractivity contribution is 0.283. The third-order valence-corrected chi connectivity index (χ3v) is 2.30. The summed E-state index contributed by atoms with van der Waals surface area (Å²) in [4.78, 5) is 5.35. The van der Waals surface area contributed by atoms with Crippen LogP contribution in [0.25, 0.3) is 0 Å². The van der Waals surface area contributed by atoms with E-state index >= 15 is 0 Å². The maximum atomic E-state index is 13.3. The molecular weight excluding hydrogens is 214 g/mol. The minimum absolute atomic E-state index is 0.158. The van der Waals surface area contributed by atoms with Gasteiger partial charge in [0.05, 0.1) is 6.20 Å². The van der Waals surface area contributed by atoms with Crippen LogP contribution in [0.5, 0.6) is 0 Å². The van der Waals surface area contributed by atoms with Crippen molar-refractivity contribution in [3.05, 3.63) is 23.9 Å². The van der Waals surface area contributed by atoms with Crippen molar-refractivity contribution in [2.75, 3.05) is 25.1 Å². The Hall–Kier alpha value is -1.23. The highest BCUT2D eigenvalue weighted by Gasteiger charge is 2.09. The Labute approximate surface area is 93.7 Å². The van der Waals surface area contributed by atoms with E-state index in [9.17, 15) is 8.78 Å². The van der Waals surface area contributed by atoms with E-state index in [1.807, 2.05) is 0 Å². The molecule has 1 rings (SSSR count). The van der Waals surface area contributed by atoms with Gasteiger partial charge >= 0.3 is 0 Å². The fourth-order valence-electron chi connectivity index (χ4n) is 1.43. The third kappa shape index (κ3) is 3.73. The number of anilines is 1. The molecule has 0 fully saturated rings. The summed E-state index contributed by atoms with van der Waals surface area (Å²) in [5, 5.41) is 8.60. The number of aliphatic hydroxyl groups excluding tert-OH is 1. The number of aromatic nitrogens is 1. The van der Waals surface area contributed by atoms with Crippen LogP contribution >= 0.6 is 0 Å².